The van der Waals surface area contributed by atoms with Crippen molar-refractivity contribution in [2.75, 3.05) is 26.6 Å². The molecule has 158 valence electrons. The number of carbonyl (C=O) groups is 1. The van der Waals surface area contributed by atoms with Crippen molar-refractivity contribution in [2.45, 2.75) is 0 Å². The van der Waals surface area contributed by atoms with E-state index in [9.17, 15) is 4.79 Å². The lowest BCUT2D eigenvalue weighted by Crippen LogP contribution is -2.12. The van der Waals surface area contributed by atoms with E-state index in [1.807, 2.05) is 48.5 Å². The molecule has 0 bridgehead atoms. The molecule has 7 nitrogen and oxygen atoms in total. The number of thiazole rings is 1. The summed E-state index contributed by atoms with van der Waals surface area (Å²) >= 11 is 1.36. The van der Waals surface area contributed by atoms with Crippen LogP contribution in [0.2, 0.25) is 0 Å². The van der Waals surface area contributed by atoms with Gasteiger partial charge in [0.2, 0.25) is 5.75 Å². The highest BCUT2D eigenvalue weighted by Gasteiger charge is 2.18. The first-order valence-electron chi connectivity index (χ1n) is 9.36. The van der Waals surface area contributed by atoms with Crippen LogP contribution >= 0.6 is 11.3 Å². The molecule has 0 aliphatic heterocycles. The molecule has 4 rings (SSSR count). The van der Waals surface area contributed by atoms with Gasteiger partial charge in [0.25, 0.3) is 5.91 Å². The van der Waals surface area contributed by atoms with E-state index in [2.05, 4.69) is 10.3 Å². The van der Waals surface area contributed by atoms with Gasteiger partial charge in [-0.2, -0.15) is 0 Å². The van der Waals surface area contributed by atoms with Gasteiger partial charge in [-0.05, 0) is 36.4 Å². The molecule has 0 unspecified atom stereocenters. The van der Waals surface area contributed by atoms with E-state index in [1.165, 1.54) is 32.7 Å². The first-order chi connectivity index (χ1) is 15.1. The normalized spacial score (nSPS) is 10.5. The monoisotopic (exact) mass is 436 g/mol. The van der Waals surface area contributed by atoms with Crippen LogP contribution in [0.25, 0.3) is 10.2 Å². The molecule has 1 aromatic heterocycles. The van der Waals surface area contributed by atoms with E-state index < -0.39 is 0 Å². The Morgan fingerprint density at radius 2 is 1.58 bits per heavy atom. The second-order valence-electron chi connectivity index (χ2n) is 6.43. The van der Waals surface area contributed by atoms with Gasteiger partial charge in [0, 0.05) is 11.6 Å². The molecule has 4 aromatic rings. The van der Waals surface area contributed by atoms with Crippen LogP contribution in [0.3, 0.4) is 0 Å². The van der Waals surface area contributed by atoms with Crippen molar-refractivity contribution in [3.8, 4) is 28.7 Å². The van der Waals surface area contributed by atoms with E-state index in [4.69, 9.17) is 18.9 Å². The Kier molecular flexibility index (Phi) is 5.90. The maximum absolute atomic E-state index is 12.8. The van der Waals surface area contributed by atoms with Gasteiger partial charge in [-0.25, -0.2) is 4.98 Å². The molecular formula is C23H20N2O5S. The van der Waals surface area contributed by atoms with Crippen molar-refractivity contribution in [1.29, 1.82) is 0 Å². The lowest BCUT2D eigenvalue weighted by atomic mass is 10.1. The lowest BCUT2D eigenvalue weighted by Gasteiger charge is -2.13. The second kappa shape index (κ2) is 8.93. The fourth-order valence-corrected chi connectivity index (χ4v) is 3.92. The Bertz CT molecular complexity index is 1200. The van der Waals surface area contributed by atoms with Crippen LogP contribution in [0.4, 0.5) is 5.13 Å². The number of fused-ring (bicyclic) bond motifs is 1. The summed E-state index contributed by atoms with van der Waals surface area (Å²) in [6.07, 6.45) is 0. The van der Waals surface area contributed by atoms with E-state index in [0.29, 0.717) is 33.7 Å². The molecule has 1 N–H and O–H groups in total. The Hall–Kier alpha value is -3.78. The van der Waals surface area contributed by atoms with E-state index in [0.717, 1.165) is 16.0 Å². The van der Waals surface area contributed by atoms with Crippen molar-refractivity contribution in [3.63, 3.8) is 0 Å². The summed E-state index contributed by atoms with van der Waals surface area (Å²) in [5.41, 5.74) is 1.13. The number of rotatable bonds is 7. The smallest absolute Gasteiger partial charge is 0.257 e. The van der Waals surface area contributed by atoms with Crippen molar-refractivity contribution in [3.05, 3.63) is 66.2 Å². The fourth-order valence-electron chi connectivity index (χ4n) is 3.03. The topological polar surface area (TPSA) is 78.9 Å². The van der Waals surface area contributed by atoms with Crippen LogP contribution in [0, 0.1) is 0 Å². The Morgan fingerprint density at radius 1 is 0.871 bits per heavy atom. The predicted molar refractivity (Wildman–Crippen MR) is 120 cm³/mol. The lowest BCUT2D eigenvalue weighted by molar-refractivity contribution is 0.102. The maximum Gasteiger partial charge on any atom is 0.257 e. The number of nitrogens with one attached hydrogen (secondary N) is 1. The maximum atomic E-state index is 12.8. The van der Waals surface area contributed by atoms with Gasteiger partial charge in [-0.15, -0.1) is 0 Å². The van der Waals surface area contributed by atoms with Gasteiger partial charge in [0.15, 0.2) is 16.6 Å². The highest BCUT2D eigenvalue weighted by atomic mass is 32.1. The Morgan fingerprint density at radius 3 is 2.23 bits per heavy atom. The first kappa shape index (κ1) is 20.5. The van der Waals surface area contributed by atoms with Crippen LogP contribution in [0.5, 0.6) is 28.7 Å². The SMILES string of the molecule is COc1cc(C(=O)Nc2nc3ccc(Oc4ccccc4)cc3s2)cc(OC)c1OC. The minimum Gasteiger partial charge on any atom is -0.493 e. The molecule has 0 aliphatic carbocycles. The zero-order valence-corrected chi connectivity index (χ0v) is 18.0. The van der Waals surface area contributed by atoms with Gasteiger partial charge in [0.05, 0.1) is 31.5 Å². The molecular weight excluding hydrogens is 416 g/mol. The predicted octanol–water partition coefficient (Wildman–Crippen LogP) is 5.37. The number of para-hydroxylation sites is 1. The third-order valence-electron chi connectivity index (χ3n) is 4.49. The quantitative estimate of drug-likeness (QED) is 0.420. The van der Waals surface area contributed by atoms with Crippen molar-refractivity contribution in [1.82, 2.24) is 4.98 Å². The molecule has 0 atom stereocenters. The highest BCUT2D eigenvalue weighted by Crippen LogP contribution is 2.38. The molecule has 1 heterocycles. The molecule has 0 aliphatic rings. The number of anilines is 1. The Balaban J connectivity index is 1.56. The van der Waals surface area contributed by atoms with Gasteiger partial charge < -0.3 is 18.9 Å². The number of amides is 1. The van der Waals surface area contributed by atoms with Gasteiger partial charge in [-0.1, -0.05) is 29.5 Å². The van der Waals surface area contributed by atoms with E-state index >= 15 is 0 Å². The van der Waals surface area contributed by atoms with Crippen molar-refractivity contribution in [2.24, 2.45) is 0 Å². The van der Waals surface area contributed by atoms with Crippen molar-refractivity contribution >= 4 is 32.6 Å². The Labute approximate surface area is 183 Å². The molecule has 0 spiro atoms. The van der Waals surface area contributed by atoms with Gasteiger partial charge >= 0.3 is 0 Å². The highest BCUT2D eigenvalue weighted by molar-refractivity contribution is 7.22. The van der Waals surface area contributed by atoms with Crippen LogP contribution < -0.4 is 24.3 Å². The average molecular weight is 436 g/mol. The number of hydrogen-bond donors (Lipinski definition) is 1. The minimum absolute atomic E-state index is 0.334. The number of carbonyl (C=O) groups excluding carboxylic acids is 1. The first-order valence-corrected chi connectivity index (χ1v) is 10.2. The number of aromatic nitrogens is 1. The summed E-state index contributed by atoms with van der Waals surface area (Å²) in [5, 5.41) is 3.31. The molecule has 0 saturated carbocycles. The number of benzene rings is 3. The number of hydrogen-bond acceptors (Lipinski definition) is 7. The van der Waals surface area contributed by atoms with E-state index in [-0.39, 0.29) is 5.91 Å². The van der Waals surface area contributed by atoms with Crippen LogP contribution in [0.15, 0.2) is 60.7 Å². The van der Waals surface area contributed by atoms with E-state index in [1.54, 1.807) is 12.1 Å². The molecule has 8 heteroatoms. The summed E-state index contributed by atoms with van der Waals surface area (Å²) in [7, 11) is 4.51. The zero-order chi connectivity index (χ0) is 21.8. The van der Waals surface area contributed by atoms with Gasteiger partial charge in [0.1, 0.15) is 11.5 Å². The molecule has 0 fully saturated rings. The molecule has 0 radical (unpaired) electrons. The summed E-state index contributed by atoms with van der Waals surface area (Å²) in [6.45, 7) is 0. The summed E-state index contributed by atoms with van der Waals surface area (Å²) in [4.78, 5) is 17.3. The van der Waals surface area contributed by atoms with Crippen LogP contribution in [-0.2, 0) is 0 Å². The molecule has 1 amide bonds. The fraction of sp³-hybridized carbons (Fsp3) is 0.130. The largest absolute Gasteiger partial charge is 0.493 e. The molecule has 0 saturated heterocycles. The van der Waals surface area contributed by atoms with Crippen molar-refractivity contribution < 1.29 is 23.7 Å². The third kappa shape index (κ3) is 4.39. The minimum atomic E-state index is -0.334. The second-order valence-corrected chi connectivity index (χ2v) is 7.46. The molecule has 31 heavy (non-hydrogen) atoms. The van der Waals surface area contributed by atoms with Crippen LogP contribution in [-0.4, -0.2) is 32.2 Å². The summed E-state index contributed by atoms with van der Waals surface area (Å²) < 4.78 is 22.7. The van der Waals surface area contributed by atoms with Gasteiger partial charge in [-0.3, -0.25) is 10.1 Å². The molecule has 3 aromatic carbocycles. The number of ether oxygens (including phenoxy) is 4. The number of nitrogens with zero attached hydrogens (tertiary/aromatic N) is 1. The summed E-state index contributed by atoms with van der Waals surface area (Å²) in [5.74, 6) is 2.34. The summed E-state index contributed by atoms with van der Waals surface area (Å²) in [6, 6.07) is 18.3. The third-order valence-corrected chi connectivity index (χ3v) is 5.42. The zero-order valence-electron chi connectivity index (χ0n) is 17.2. The van der Waals surface area contributed by atoms with Crippen LogP contribution in [0.1, 0.15) is 10.4 Å². The number of methoxy groups -OCH3 is 3. The average Bonchev–Trinajstić information content (AvgIpc) is 3.20. The standard InChI is InChI=1S/C23H20N2O5S/c1-27-18-11-14(12-19(28-2)21(18)29-3)22(26)25-23-24-17-10-9-16(13-20(17)31-23)30-15-7-5-4-6-8-15/h4-13H,1-3H3,(H,24,25,26).